The molecule has 0 aliphatic heterocycles. The molecule has 1 aromatic carbocycles. The van der Waals surface area contributed by atoms with Crippen LogP contribution in [0.3, 0.4) is 0 Å². The van der Waals surface area contributed by atoms with Crippen LogP contribution < -0.4 is 11.3 Å². The largest absolute Gasteiger partial charge is 0.271 e. The lowest BCUT2D eigenvalue weighted by atomic mass is 10.1. The Morgan fingerprint density at radius 1 is 1.58 bits per heavy atom. The topological polar surface area (TPSA) is 38.0 Å². The fraction of sp³-hybridized carbons (Fsp3) is 0.250. The smallest absolute Gasteiger partial charge is 0.123 e. The third-order valence-electron chi connectivity index (χ3n) is 1.67. The molecule has 12 heavy (non-hydrogen) atoms. The Labute approximate surface area is 75.5 Å². The van der Waals surface area contributed by atoms with Crippen molar-refractivity contribution in [3.63, 3.8) is 0 Å². The molecule has 2 nitrogen and oxygen atoms in total. The van der Waals surface area contributed by atoms with Gasteiger partial charge in [0.05, 0.1) is 0 Å². The molecule has 0 aliphatic carbocycles. The second kappa shape index (κ2) is 3.85. The van der Waals surface area contributed by atoms with Crippen LogP contribution >= 0.6 is 11.6 Å². The number of benzene rings is 1. The van der Waals surface area contributed by atoms with Gasteiger partial charge >= 0.3 is 0 Å². The summed E-state index contributed by atoms with van der Waals surface area (Å²) in [6, 6.07) is 4.05. The SMILES string of the molecule is C[C@@H](NN)c1cc(F)ccc1Cl. The molecule has 0 aromatic heterocycles. The molecule has 0 saturated heterocycles. The van der Waals surface area contributed by atoms with Crippen molar-refractivity contribution in [2.45, 2.75) is 13.0 Å². The van der Waals surface area contributed by atoms with E-state index in [1.807, 2.05) is 0 Å². The van der Waals surface area contributed by atoms with E-state index in [9.17, 15) is 4.39 Å². The van der Waals surface area contributed by atoms with E-state index in [0.717, 1.165) is 0 Å². The van der Waals surface area contributed by atoms with Crippen molar-refractivity contribution in [1.82, 2.24) is 5.43 Å². The Balaban J connectivity index is 3.04. The van der Waals surface area contributed by atoms with Gasteiger partial charge in [-0.05, 0) is 30.7 Å². The highest BCUT2D eigenvalue weighted by atomic mass is 35.5. The summed E-state index contributed by atoms with van der Waals surface area (Å²) < 4.78 is 12.7. The minimum absolute atomic E-state index is 0.145. The van der Waals surface area contributed by atoms with Crippen LogP contribution in [0.15, 0.2) is 18.2 Å². The molecule has 1 aromatic rings. The zero-order chi connectivity index (χ0) is 9.14. The summed E-state index contributed by atoms with van der Waals surface area (Å²) in [5, 5.41) is 0.516. The maximum Gasteiger partial charge on any atom is 0.123 e. The van der Waals surface area contributed by atoms with Gasteiger partial charge in [-0.15, -0.1) is 0 Å². The van der Waals surface area contributed by atoms with E-state index >= 15 is 0 Å². The monoisotopic (exact) mass is 188 g/mol. The molecule has 0 amide bonds. The first-order chi connectivity index (χ1) is 5.65. The van der Waals surface area contributed by atoms with Crippen molar-refractivity contribution in [3.8, 4) is 0 Å². The number of hydrogen-bond acceptors (Lipinski definition) is 2. The van der Waals surface area contributed by atoms with Crippen molar-refractivity contribution >= 4 is 11.6 Å². The summed E-state index contributed by atoms with van der Waals surface area (Å²) in [4.78, 5) is 0. The van der Waals surface area contributed by atoms with Gasteiger partial charge in [0.15, 0.2) is 0 Å². The van der Waals surface area contributed by atoms with Crippen LogP contribution in [0.25, 0.3) is 0 Å². The lowest BCUT2D eigenvalue weighted by Gasteiger charge is -2.11. The third kappa shape index (κ3) is 1.94. The normalized spacial score (nSPS) is 13.0. The molecular formula is C8H10ClFN2. The Morgan fingerprint density at radius 3 is 2.83 bits per heavy atom. The van der Waals surface area contributed by atoms with Gasteiger partial charge < -0.3 is 0 Å². The quantitative estimate of drug-likeness (QED) is 0.551. The molecule has 0 fully saturated rings. The second-order valence-corrected chi connectivity index (χ2v) is 2.96. The first kappa shape index (κ1) is 9.45. The molecule has 0 heterocycles. The van der Waals surface area contributed by atoms with Gasteiger partial charge in [-0.1, -0.05) is 11.6 Å². The Morgan fingerprint density at radius 2 is 2.25 bits per heavy atom. The number of halogens is 2. The van der Waals surface area contributed by atoms with Crippen molar-refractivity contribution in [2.75, 3.05) is 0 Å². The van der Waals surface area contributed by atoms with Crippen molar-refractivity contribution < 1.29 is 4.39 Å². The zero-order valence-corrected chi connectivity index (χ0v) is 7.40. The first-order valence-corrected chi connectivity index (χ1v) is 3.94. The molecule has 0 bridgehead atoms. The van der Waals surface area contributed by atoms with Crippen LogP contribution in [-0.4, -0.2) is 0 Å². The zero-order valence-electron chi connectivity index (χ0n) is 6.64. The Hall–Kier alpha value is -0.640. The summed E-state index contributed by atoms with van der Waals surface area (Å²) in [6.45, 7) is 1.81. The van der Waals surface area contributed by atoms with Crippen LogP contribution in [0.5, 0.6) is 0 Å². The standard InChI is InChI=1S/C8H10ClFN2/c1-5(12-11)7-4-6(10)2-3-8(7)9/h2-5,12H,11H2,1H3/t5-/m1/s1. The average molecular weight is 189 g/mol. The van der Waals surface area contributed by atoms with E-state index in [1.165, 1.54) is 18.2 Å². The summed E-state index contributed by atoms with van der Waals surface area (Å²) in [6.07, 6.45) is 0. The minimum Gasteiger partial charge on any atom is -0.271 e. The first-order valence-electron chi connectivity index (χ1n) is 3.56. The average Bonchev–Trinajstić information content (AvgIpc) is 2.08. The Kier molecular flexibility index (Phi) is 3.03. The summed E-state index contributed by atoms with van der Waals surface area (Å²) in [5.74, 6) is 4.88. The number of nitrogens with two attached hydrogens (primary N) is 1. The summed E-state index contributed by atoms with van der Waals surface area (Å²) in [7, 11) is 0. The van der Waals surface area contributed by atoms with Crippen LogP contribution in [-0.2, 0) is 0 Å². The van der Waals surface area contributed by atoms with Crippen molar-refractivity contribution in [1.29, 1.82) is 0 Å². The minimum atomic E-state index is -0.309. The van der Waals surface area contributed by atoms with Gasteiger partial charge in [0.25, 0.3) is 0 Å². The van der Waals surface area contributed by atoms with Gasteiger partial charge in [-0.2, -0.15) is 0 Å². The molecule has 0 spiro atoms. The lowest BCUT2D eigenvalue weighted by molar-refractivity contribution is 0.586. The second-order valence-electron chi connectivity index (χ2n) is 2.55. The summed E-state index contributed by atoms with van der Waals surface area (Å²) in [5.41, 5.74) is 3.16. The molecule has 0 saturated carbocycles. The predicted octanol–water partition coefficient (Wildman–Crippen LogP) is 2.00. The molecule has 66 valence electrons. The number of nitrogens with one attached hydrogen (secondary N) is 1. The van der Waals surface area contributed by atoms with Gasteiger partial charge in [0.1, 0.15) is 5.82 Å². The highest BCUT2D eigenvalue weighted by Crippen LogP contribution is 2.22. The molecule has 4 heteroatoms. The maximum atomic E-state index is 12.7. The van der Waals surface area contributed by atoms with E-state index in [4.69, 9.17) is 17.4 Å². The van der Waals surface area contributed by atoms with E-state index in [-0.39, 0.29) is 11.9 Å². The van der Waals surface area contributed by atoms with Gasteiger partial charge in [0.2, 0.25) is 0 Å². The number of hydrazine groups is 1. The van der Waals surface area contributed by atoms with E-state index in [0.29, 0.717) is 10.6 Å². The predicted molar refractivity (Wildman–Crippen MR) is 47.1 cm³/mol. The highest BCUT2D eigenvalue weighted by Gasteiger charge is 2.08. The fourth-order valence-corrected chi connectivity index (χ4v) is 1.22. The molecule has 1 atom stereocenters. The highest BCUT2D eigenvalue weighted by molar-refractivity contribution is 6.31. The fourth-order valence-electron chi connectivity index (χ4n) is 0.936. The van der Waals surface area contributed by atoms with Gasteiger partial charge in [-0.3, -0.25) is 11.3 Å². The molecule has 1 rings (SSSR count). The van der Waals surface area contributed by atoms with E-state index < -0.39 is 0 Å². The Bertz CT molecular complexity index is 278. The molecule has 0 aliphatic rings. The van der Waals surface area contributed by atoms with Crippen LogP contribution in [0.2, 0.25) is 5.02 Å². The van der Waals surface area contributed by atoms with Crippen molar-refractivity contribution in [3.05, 3.63) is 34.6 Å². The maximum absolute atomic E-state index is 12.7. The van der Waals surface area contributed by atoms with Gasteiger partial charge in [0, 0.05) is 11.1 Å². The number of hydrogen-bond donors (Lipinski definition) is 2. The molecule has 3 N–H and O–H groups in total. The number of rotatable bonds is 2. The molecule has 0 unspecified atom stereocenters. The van der Waals surface area contributed by atoms with Gasteiger partial charge in [-0.25, -0.2) is 4.39 Å². The van der Waals surface area contributed by atoms with E-state index in [2.05, 4.69) is 5.43 Å². The summed E-state index contributed by atoms with van der Waals surface area (Å²) >= 11 is 5.81. The van der Waals surface area contributed by atoms with Crippen LogP contribution in [0.4, 0.5) is 4.39 Å². The van der Waals surface area contributed by atoms with Crippen LogP contribution in [0, 0.1) is 5.82 Å². The molecule has 0 radical (unpaired) electrons. The van der Waals surface area contributed by atoms with E-state index in [1.54, 1.807) is 6.92 Å². The third-order valence-corrected chi connectivity index (χ3v) is 2.02. The van der Waals surface area contributed by atoms with Crippen molar-refractivity contribution in [2.24, 2.45) is 5.84 Å². The van der Waals surface area contributed by atoms with Crippen LogP contribution in [0.1, 0.15) is 18.5 Å². The lowest BCUT2D eigenvalue weighted by Crippen LogP contribution is -2.25. The molecular weight excluding hydrogens is 179 g/mol.